The van der Waals surface area contributed by atoms with Gasteiger partial charge in [-0.05, 0) is 43.4 Å². The smallest absolute Gasteiger partial charge is 0.329 e. The summed E-state index contributed by atoms with van der Waals surface area (Å²) in [5.41, 5.74) is -3.38. The zero-order valence-electron chi connectivity index (χ0n) is 17.1. The minimum atomic E-state index is -2.69. The normalized spacial score (nSPS) is 18.0. The lowest BCUT2D eigenvalue weighted by molar-refractivity contribution is -0.140. The number of fused-ring (bicyclic) bond motifs is 1. The molecular formula is C21H23BrF2N4O3. The number of halogens is 3. The van der Waals surface area contributed by atoms with Crippen LogP contribution in [0.4, 0.5) is 25.0 Å². The number of urea groups is 1. The SMILES string of the molecule is CCN(CC)CCNC(=O)C1(O)c2cc(Br)ccc2NC(=O)N1c1c(F)cccc1F. The number of nitrogens with one attached hydrogen (secondary N) is 2. The second-order valence-electron chi connectivity index (χ2n) is 6.98. The number of benzene rings is 2. The number of para-hydroxylation sites is 1. The van der Waals surface area contributed by atoms with Crippen molar-refractivity contribution in [2.75, 3.05) is 36.4 Å². The van der Waals surface area contributed by atoms with Gasteiger partial charge in [0.2, 0.25) is 0 Å². The third-order valence-corrected chi connectivity index (χ3v) is 5.70. The standard InChI is InChI=1S/C21H23BrF2N4O3/c1-3-27(4-2)11-10-25-19(29)21(31)14-12-13(22)8-9-17(14)26-20(30)28(21)18-15(23)6-5-7-16(18)24/h5-9,12,31H,3-4,10-11H2,1-2H3,(H,25,29)(H,26,30). The fourth-order valence-electron chi connectivity index (χ4n) is 3.53. The molecule has 0 saturated carbocycles. The molecular weight excluding hydrogens is 474 g/mol. The summed E-state index contributed by atoms with van der Waals surface area (Å²) in [7, 11) is 0. The predicted octanol–water partition coefficient (Wildman–Crippen LogP) is 3.38. The average molecular weight is 497 g/mol. The fourth-order valence-corrected chi connectivity index (χ4v) is 3.89. The van der Waals surface area contributed by atoms with E-state index >= 15 is 0 Å². The van der Waals surface area contributed by atoms with Crippen molar-refractivity contribution in [2.24, 2.45) is 0 Å². The van der Waals surface area contributed by atoms with Crippen LogP contribution in [-0.4, -0.2) is 48.1 Å². The number of hydrogen-bond acceptors (Lipinski definition) is 4. The minimum absolute atomic E-state index is 0.0236. The Morgan fingerprint density at radius 1 is 1.23 bits per heavy atom. The predicted molar refractivity (Wildman–Crippen MR) is 117 cm³/mol. The van der Waals surface area contributed by atoms with Gasteiger partial charge >= 0.3 is 6.03 Å². The topological polar surface area (TPSA) is 84.9 Å². The molecule has 7 nitrogen and oxygen atoms in total. The average Bonchev–Trinajstić information content (AvgIpc) is 2.73. The first kappa shape index (κ1) is 23.1. The monoisotopic (exact) mass is 496 g/mol. The van der Waals surface area contributed by atoms with Crippen molar-refractivity contribution in [1.29, 1.82) is 0 Å². The first-order chi connectivity index (χ1) is 14.7. The largest absolute Gasteiger partial charge is 0.359 e. The Kier molecular flexibility index (Phi) is 6.93. The third-order valence-electron chi connectivity index (χ3n) is 5.21. The van der Waals surface area contributed by atoms with Gasteiger partial charge in [0.15, 0.2) is 0 Å². The minimum Gasteiger partial charge on any atom is -0.359 e. The molecule has 0 aliphatic carbocycles. The summed E-state index contributed by atoms with van der Waals surface area (Å²) in [4.78, 5) is 28.6. The van der Waals surface area contributed by atoms with E-state index < -0.39 is 35.0 Å². The molecule has 0 fully saturated rings. The molecule has 1 aliphatic heterocycles. The highest BCUT2D eigenvalue weighted by Gasteiger charge is 2.53. The van der Waals surface area contributed by atoms with E-state index in [0.717, 1.165) is 31.3 Å². The quantitative estimate of drug-likeness (QED) is 0.548. The zero-order valence-corrected chi connectivity index (χ0v) is 18.7. The highest BCUT2D eigenvalue weighted by Crippen LogP contribution is 2.42. The Morgan fingerprint density at radius 2 is 1.87 bits per heavy atom. The molecule has 3 amide bonds. The van der Waals surface area contributed by atoms with Gasteiger partial charge in [0.25, 0.3) is 11.6 Å². The molecule has 0 aromatic heterocycles. The summed E-state index contributed by atoms with van der Waals surface area (Å²) in [5.74, 6) is -3.16. The molecule has 10 heteroatoms. The van der Waals surface area contributed by atoms with E-state index in [-0.39, 0.29) is 17.8 Å². The summed E-state index contributed by atoms with van der Waals surface area (Å²) in [6.45, 7) is 6.14. The lowest BCUT2D eigenvalue weighted by Gasteiger charge is -2.42. The van der Waals surface area contributed by atoms with E-state index in [0.29, 0.717) is 15.9 Å². The molecule has 3 rings (SSSR count). The highest BCUT2D eigenvalue weighted by atomic mass is 79.9. The van der Waals surface area contributed by atoms with Crippen molar-refractivity contribution in [3.8, 4) is 0 Å². The second kappa shape index (κ2) is 9.29. The van der Waals surface area contributed by atoms with E-state index in [1.807, 2.05) is 13.8 Å². The molecule has 3 N–H and O–H groups in total. The zero-order chi connectivity index (χ0) is 22.8. The van der Waals surface area contributed by atoms with Crippen molar-refractivity contribution in [3.05, 3.63) is 58.1 Å². The van der Waals surface area contributed by atoms with Crippen LogP contribution in [0.3, 0.4) is 0 Å². The second-order valence-corrected chi connectivity index (χ2v) is 7.90. The number of nitrogens with zero attached hydrogens (tertiary/aromatic N) is 2. The van der Waals surface area contributed by atoms with Gasteiger partial charge in [-0.15, -0.1) is 0 Å². The van der Waals surface area contributed by atoms with E-state index in [4.69, 9.17) is 0 Å². The lowest BCUT2D eigenvalue weighted by Crippen LogP contribution is -2.63. The van der Waals surface area contributed by atoms with Crippen molar-refractivity contribution >= 4 is 39.2 Å². The van der Waals surface area contributed by atoms with Crippen LogP contribution in [0.2, 0.25) is 0 Å². The highest BCUT2D eigenvalue weighted by molar-refractivity contribution is 9.10. The van der Waals surface area contributed by atoms with Crippen molar-refractivity contribution in [3.63, 3.8) is 0 Å². The van der Waals surface area contributed by atoms with Gasteiger partial charge in [-0.3, -0.25) is 4.79 Å². The number of carbonyl (C=O) groups is 2. The van der Waals surface area contributed by atoms with Gasteiger partial charge < -0.3 is 20.6 Å². The molecule has 31 heavy (non-hydrogen) atoms. The maximum Gasteiger partial charge on any atom is 0.329 e. The van der Waals surface area contributed by atoms with Crippen molar-refractivity contribution in [2.45, 2.75) is 19.6 Å². The van der Waals surface area contributed by atoms with Gasteiger partial charge in [-0.25, -0.2) is 18.5 Å². The van der Waals surface area contributed by atoms with Crippen LogP contribution in [0.15, 0.2) is 40.9 Å². The van der Waals surface area contributed by atoms with Crippen LogP contribution >= 0.6 is 15.9 Å². The summed E-state index contributed by atoms with van der Waals surface area (Å²) >= 11 is 3.27. The third kappa shape index (κ3) is 4.28. The number of aliphatic hydroxyl groups is 1. The van der Waals surface area contributed by atoms with Crippen LogP contribution in [-0.2, 0) is 10.5 Å². The van der Waals surface area contributed by atoms with E-state index in [2.05, 4.69) is 31.5 Å². The number of rotatable bonds is 7. The Hall–Kier alpha value is -2.56. The Balaban J connectivity index is 2.09. The molecule has 0 spiro atoms. The number of hydrogen-bond donors (Lipinski definition) is 3. The molecule has 1 heterocycles. The number of likely N-dealkylation sites (N-methyl/N-ethyl adjacent to an activating group) is 1. The van der Waals surface area contributed by atoms with Gasteiger partial charge in [-0.1, -0.05) is 35.8 Å². The molecule has 1 unspecified atom stereocenters. The van der Waals surface area contributed by atoms with Crippen molar-refractivity contribution in [1.82, 2.24) is 10.2 Å². The Bertz CT molecular complexity index is 982. The van der Waals surface area contributed by atoms with Gasteiger partial charge in [-0.2, -0.15) is 0 Å². The van der Waals surface area contributed by atoms with E-state index in [9.17, 15) is 23.5 Å². The molecule has 1 atom stereocenters. The summed E-state index contributed by atoms with van der Waals surface area (Å²) in [5, 5.41) is 16.7. The van der Waals surface area contributed by atoms with Crippen LogP contribution in [0.25, 0.3) is 0 Å². The molecule has 0 bridgehead atoms. The maximum atomic E-state index is 14.6. The number of anilines is 2. The molecule has 0 saturated heterocycles. The van der Waals surface area contributed by atoms with E-state index in [1.165, 1.54) is 12.1 Å². The lowest BCUT2D eigenvalue weighted by atomic mass is 9.94. The van der Waals surface area contributed by atoms with Gasteiger partial charge in [0.05, 0.1) is 5.69 Å². The number of carbonyl (C=O) groups excluding carboxylic acids is 2. The summed E-state index contributed by atoms with van der Waals surface area (Å²) in [6.07, 6.45) is 0. The molecule has 2 aromatic rings. The molecule has 2 aromatic carbocycles. The van der Waals surface area contributed by atoms with Crippen LogP contribution in [0.5, 0.6) is 0 Å². The van der Waals surface area contributed by atoms with Gasteiger partial charge in [0, 0.05) is 23.1 Å². The van der Waals surface area contributed by atoms with Crippen LogP contribution < -0.4 is 15.5 Å². The molecule has 166 valence electrons. The molecule has 0 radical (unpaired) electrons. The first-order valence-electron chi connectivity index (χ1n) is 9.82. The fraction of sp³-hybridized carbons (Fsp3) is 0.333. The summed E-state index contributed by atoms with van der Waals surface area (Å²) < 4.78 is 29.7. The Labute approximate surface area is 187 Å². The molecule has 1 aliphatic rings. The van der Waals surface area contributed by atoms with Crippen LogP contribution in [0, 0.1) is 11.6 Å². The first-order valence-corrected chi connectivity index (χ1v) is 10.6. The van der Waals surface area contributed by atoms with Crippen molar-refractivity contribution < 1.29 is 23.5 Å². The Morgan fingerprint density at radius 3 is 2.48 bits per heavy atom. The summed E-state index contributed by atoms with van der Waals surface area (Å²) in [6, 6.07) is 6.49. The van der Waals surface area contributed by atoms with Crippen LogP contribution in [0.1, 0.15) is 19.4 Å². The number of amides is 3. The van der Waals surface area contributed by atoms with E-state index in [1.54, 1.807) is 6.07 Å². The maximum absolute atomic E-state index is 14.6. The van der Waals surface area contributed by atoms with Gasteiger partial charge in [0.1, 0.15) is 17.3 Å².